The Morgan fingerprint density at radius 1 is 1.31 bits per heavy atom. The summed E-state index contributed by atoms with van der Waals surface area (Å²) in [5.74, 6) is 0. The predicted molar refractivity (Wildman–Crippen MR) is 52.8 cm³/mol. The lowest BCUT2D eigenvalue weighted by Crippen LogP contribution is -1.94. The van der Waals surface area contributed by atoms with Crippen LogP contribution in [0.25, 0.3) is 0 Å². The molecule has 1 atom stereocenters. The van der Waals surface area contributed by atoms with Crippen LogP contribution in [0.5, 0.6) is 0 Å². The van der Waals surface area contributed by atoms with Crippen LogP contribution in [0.15, 0.2) is 0 Å². The summed E-state index contributed by atoms with van der Waals surface area (Å²) < 4.78 is 35.3. The van der Waals surface area contributed by atoms with Gasteiger partial charge in [-0.05, 0) is 13.8 Å². The number of rotatable bonds is 3. The van der Waals surface area contributed by atoms with Crippen LogP contribution >= 0.6 is 6.57 Å². The minimum atomic E-state index is -3.88. The van der Waals surface area contributed by atoms with Gasteiger partial charge in [-0.2, -0.15) is 0 Å². The largest absolute Gasteiger partial charge is 0.382 e. The van der Waals surface area contributed by atoms with E-state index in [0.29, 0.717) is 0 Å². The second-order valence-electron chi connectivity index (χ2n) is 2.32. The zero-order valence-electron chi connectivity index (χ0n) is 8.35. The third-order valence-electron chi connectivity index (χ3n) is 1.02. The van der Waals surface area contributed by atoms with Crippen molar-refractivity contribution < 1.29 is 22.6 Å². The Kier molecular flexibility index (Phi) is 7.83. The van der Waals surface area contributed by atoms with Gasteiger partial charge in [0.25, 0.3) is 0 Å². The van der Waals surface area contributed by atoms with E-state index in [1.807, 2.05) is 13.8 Å². The van der Waals surface area contributed by atoms with E-state index in [4.69, 9.17) is 9.63 Å². The molecule has 13 heavy (non-hydrogen) atoms. The Hall–Kier alpha value is 0.100. The van der Waals surface area contributed by atoms with Crippen LogP contribution in [-0.4, -0.2) is 39.4 Å². The molecule has 1 unspecified atom stereocenters. The second-order valence-corrected chi connectivity index (χ2v) is 9.41. The van der Waals surface area contributed by atoms with Crippen molar-refractivity contribution in [3.8, 4) is 0 Å². The molecule has 0 saturated heterocycles. The highest BCUT2D eigenvalue weighted by Gasteiger charge is 2.23. The van der Waals surface area contributed by atoms with E-state index in [0.717, 1.165) is 26.1 Å². The average molecular weight is 232 g/mol. The zero-order valence-corrected chi connectivity index (χ0v) is 10.1. The first-order valence-corrected chi connectivity index (χ1v) is 8.35. The van der Waals surface area contributed by atoms with Crippen molar-refractivity contribution >= 4 is 16.0 Å². The molecule has 0 bridgehead atoms. The Balaban J connectivity index is 0. The molecule has 1 N–H and O–H groups in total. The van der Waals surface area contributed by atoms with Crippen molar-refractivity contribution in [3.05, 3.63) is 0 Å². The van der Waals surface area contributed by atoms with Crippen molar-refractivity contribution in [1.82, 2.24) is 0 Å². The molecule has 0 aromatic rings. The normalized spacial score (nSPS) is 15.5. The number of hydrogen-bond donors (Lipinski definition) is 1. The van der Waals surface area contributed by atoms with E-state index < -0.39 is 16.0 Å². The van der Waals surface area contributed by atoms with Gasteiger partial charge in [0.05, 0.1) is 0 Å². The van der Waals surface area contributed by atoms with Gasteiger partial charge in [0.1, 0.15) is 0 Å². The fraction of sp³-hybridized carbons (Fsp3) is 1.00. The van der Waals surface area contributed by atoms with Crippen LogP contribution in [0.2, 0.25) is 0 Å². The summed E-state index contributed by atoms with van der Waals surface area (Å²) in [4.78, 5) is 8.32. The molecule has 7 heteroatoms. The Bertz CT molecular complexity index is 250. The first-order valence-electron chi connectivity index (χ1n) is 3.75. The molecule has 0 heterocycles. The maximum atomic E-state index is 10.2. The summed E-state index contributed by atoms with van der Waals surface area (Å²) in [5, 5.41) is 0. The molecule has 82 valence electrons. The molecular weight excluding hydrogens is 215 g/mol. The van der Waals surface area contributed by atoms with Gasteiger partial charge >= 0.3 is 6.57 Å². The van der Waals surface area contributed by atoms with Crippen molar-refractivity contribution in [2.75, 3.05) is 26.1 Å². The third kappa shape index (κ3) is 10.0. The Morgan fingerprint density at radius 2 is 1.54 bits per heavy atom. The van der Waals surface area contributed by atoms with Gasteiger partial charge < -0.3 is 9.63 Å². The van der Waals surface area contributed by atoms with Crippen molar-refractivity contribution in [1.29, 1.82) is 0 Å². The van der Waals surface area contributed by atoms with Crippen LogP contribution in [0.4, 0.5) is 0 Å². The number of hydrogen-bond acceptors (Lipinski definition) is 4. The van der Waals surface area contributed by atoms with Gasteiger partial charge in [0, 0.05) is 26.1 Å². The predicted octanol–water partition coefficient (Wildman–Crippen LogP) is 0.889. The maximum absolute atomic E-state index is 10.2. The Morgan fingerprint density at radius 3 is 1.54 bits per heavy atom. The lowest BCUT2D eigenvalue weighted by molar-refractivity contribution is 0.162. The highest BCUT2D eigenvalue weighted by atomic mass is 32.8. The molecule has 0 aliphatic heterocycles. The van der Waals surface area contributed by atoms with Crippen molar-refractivity contribution in [3.63, 3.8) is 0 Å². The van der Waals surface area contributed by atoms with Crippen LogP contribution in [-0.2, 0) is 18.8 Å². The third-order valence-corrected chi connectivity index (χ3v) is 5.95. The fourth-order valence-electron chi connectivity index (χ4n) is 0.204. The summed E-state index contributed by atoms with van der Waals surface area (Å²) in [6.45, 7) is 2.58. The topological polar surface area (TPSA) is 80.7 Å². The molecule has 0 radical (unpaired) electrons. The van der Waals surface area contributed by atoms with Gasteiger partial charge in [-0.15, -0.1) is 0 Å². The molecule has 0 aromatic heterocycles. The molecule has 0 aromatic carbocycles. The summed E-state index contributed by atoms with van der Waals surface area (Å²) in [6, 6.07) is 0. The molecule has 0 fully saturated rings. The summed E-state index contributed by atoms with van der Waals surface area (Å²) in [5.41, 5.74) is 0. The standard InChI is InChI=1S/C4H10O.C2H7O4PS/c1-3-5-4-2;1-7(3,4)8(2,5)6/h3-4H2,1-2H3;1-2H3,(H,3,4). The highest BCUT2D eigenvalue weighted by molar-refractivity contribution is 8.50. The van der Waals surface area contributed by atoms with Gasteiger partial charge in [-0.3, -0.25) is 4.57 Å². The molecule has 0 rings (SSSR count). The molecule has 0 aliphatic rings. The average Bonchev–Trinajstić information content (AvgIpc) is 1.85. The lowest BCUT2D eigenvalue weighted by atomic mass is 10.8. The zero-order chi connectivity index (χ0) is 11.1. The van der Waals surface area contributed by atoms with Crippen LogP contribution in [0, 0.1) is 0 Å². The fourth-order valence-corrected chi connectivity index (χ4v) is 0.204. The first-order chi connectivity index (χ1) is 5.66. The van der Waals surface area contributed by atoms with Crippen LogP contribution in [0.1, 0.15) is 13.8 Å². The van der Waals surface area contributed by atoms with Gasteiger partial charge in [-0.1, -0.05) is 0 Å². The minimum Gasteiger partial charge on any atom is -0.382 e. The van der Waals surface area contributed by atoms with E-state index in [1.165, 1.54) is 0 Å². The minimum absolute atomic E-state index is 0.730. The number of ether oxygens (including phenoxy) is 1. The highest BCUT2D eigenvalue weighted by Crippen LogP contribution is 2.41. The van der Waals surface area contributed by atoms with Crippen LogP contribution in [0.3, 0.4) is 0 Å². The van der Waals surface area contributed by atoms with Gasteiger partial charge in [0.2, 0.25) is 9.46 Å². The summed E-state index contributed by atoms with van der Waals surface area (Å²) >= 11 is 0. The van der Waals surface area contributed by atoms with Crippen LogP contribution < -0.4 is 0 Å². The van der Waals surface area contributed by atoms with E-state index in [-0.39, 0.29) is 0 Å². The molecule has 0 aliphatic carbocycles. The maximum Gasteiger partial charge on any atom is 0.307 e. The molecular formula is C6H17O5PS. The Labute approximate surface area is 79.2 Å². The van der Waals surface area contributed by atoms with E-state index in [2.05, 4.69) is 0 Å². The summed E-state index contributed by atoms with van der Waals surface area (Å²) in [6.07, 6.45) is 0.730. The van der Waals surface area contributed by atoms with Crippen molar-refractivity contribution in [2.45, 2.75) is 13.8 Å². The van der Waals surface area contributed by atoms with Gasteiger partial charge in [0.15, 0.2) is 0 Å². The lowest BCUT2D eigenvalue weighted by Gasteiger charge is -1.97. The molecule has 0 amide bonds. The second kappa shape index (κ2) is 6.54. The molecule has 5 nitrogen and oxygen atoms in total. The summed E-state index contributed by atoms with van der Waals surface area (Å²) in [7, 11) is -3.73. The first kappa shape index (κ1) is 15.6. The van der Waals surface area contributed by atoms with Crippen molar-refractivity contribution in [2.24, 2.45) is 0 Å². The quantitative estimate of drug-likeness (QED) is 0.731. The molecule has 0 saturated carbocycles. The van der Waals surface area contributed by atoms with E-state index in [9.17, 15) is 13.0 Å². The molecule has 0 spiro atoms. The van der Waals surface area contributed by atoms with Gasteiger partial charge in [-0.25, -0.2) is 8.42 Å². The monoisotopic (exact) mass is 232 g/mol. The van der Waals surface area contributed by atoms with E-state index >= 15 is 0 Å². The smallest absolute Gasteiger partial charge is 0.307 e. The SMILES string of the molecule is CCOCC.CP(=O)(O)S(C)(=O)=O. The van der Waals surface area contributed by atoms with E-state index in [1.54, 1.807) is 0 Å².